The quantitative estimate of drug-likeness (QED) is 0.497. The number of nitrogens with zero attached hydrogens (tertiary/aromatic N) is 2. The molecule has 0 saturated carbocycles. The second-order valence-corrected chi connectivity index (χ2v) is 8.14. The number of hydrogen-bond acceptors (Lipinski definition) is 5. The number of carboxylic acid groups (broad SMARTS) is 1. The number of likely N-dealkylation sites (tertiary alicyclic amines) is 1. The number of oxime groups is 1. The summed E-state index contributed by atoms with van der Waals surface area (Å²) in [5.74, 6) is -1.28. The van der Waals surface area contributed by atoms with Crippen molar-refractivity contribution < 1.29 is 23.5 Å². The van der Waals surface area contributed by atoms with Gasteiger partial charge in [-0.3, -0.25) is 0 Å². The fourth-order valence-corrected chi connectivity index (χ4v) is 4.46. The van der Waals surface area contributed by atoms with Gasteiger partial charge in [0, 0.05) is 13.0 Å². The summed E-state index contributed by atoms with van der Waals surface area (Å²) in [4.78, 5) is 13.5. The van der Waals surface area contributed by atoms with Crippen molar-refractivity contribution in [2.45, 2.75) is 43.7 Å². The normalized spacial score (nSPS) is 19.3. The summed E-state index contributed by atoms with van der Waals surface area (Å²) < 4.78 is 27.9. The zero-order valence-corrected chi connectivity index (χ0v) is 15.0. The Kier molecular flexibility index (Phi) is 5.69. The van der Waals surface area contributed by atoms with Gasteiger partial charge in [0.1, 0.15) is 5.84 Å². The molecule has 1 saturated heterocycles. The molecule has 0 aliphatic carbocycles. The second kappa shape index (κ2) is 7.40. The van der Waals surface area contributed by atoms with Gasteiger partial charge >= 0.3 is 5.97 Å². The van der Waals surface area contributed by atoms with Gasteiger partial charge in [0.25, 0.3) is 0 Å². The highest BCUT2D eigenvalue weighted by molar-refractivity contribution is 7.89. The Labute approximate surface area is 147 Å². The Morgan fingerprint density at radius 2 is 2.00 bits per heavy atom. The van der Waals surface area contributed by atoms with Gasteiger partial charge in [-0.1, -0.05) is 37.2 Å². The monoisotopic (exact) mass is 369 g/mol. The lowest BCUT2D eigenvalue weighted by Gasteiger charge is -2.40. The number of carboxylic acids is 1. The number of hydrogen-bond donors (Lipinski definition) is 3. The van der Waals surface area contributed by atoms with Gasteiger partial charge in [0.05, 0.1) is 4.90 Å². The predicted molar refractivity (Wildman–Crippen MR) is 91.7 cm³/mol. The van der Waals surface area contributed by atoms with Gasteiger partial charge in [0.15, 0.2) is 0 Å². The first-order chi connectivity index (χ1) is 11.7. The summed E-state index contributed by atoms with van der Waals surface area (Å²) in [7, 11) is -4.09. The number of rotatable bonds is 7. The van der Waals surface area contributed by atoms with Crippen LogP contribution in [0.5, 0.6) is 0 Å². The van der Waals surface area contributed by atoms with Crippen LogP contribution in [0.2, 0.25) is 0 Å². The van der Waals surface area contributed by atoms with Crippen molar-refractivity contribution >= 4 is 21.8 Å². The molecule has 0 spiro atoms. The van der Waals surface area contributed by atoms with Crippen molar-refractivity contribution in [3.05, 3.63) is 30.3 Å². The van der Waals surface area contributed by atoms with E-state index in [1.165, 1.54) is 17.0 Å². The molecular weight excluding hydrogens is 346 g/mol. The van der Waals surface area contributed by atoms with E-state index in [9.17, 15) is 23.5 Å². The molecule has 8 nitrogen and oxygen atoms in total. The van der Waals surface area contributed by atoms with Gasteiger partial charge in [-0.15, -0.1) is 0 Å². The summed E-state index contributed by atoms with van der Waals surface area (Å²) in [6.07, 6.45) is 0.990. The van der Waals surface area contributed by atoms with Crippen LogP contribution in [-0.2, 0) is 14.8 Å². The van der Waals surface area contributed by atoms with E-state index >= 15 is 0 Å². The first-order valence-electron chi connectivity index (χ1n) is 8.04. The molecule has 138 valence electrons. The summed E-state index contributed by atoms with van der Waals surface area (Å²) in [5, 5.41) is 22.3. The topological polar surface area (TPSA) is 119 Å². The molecule has 0 radical (unpaired) electrons. The molecule has 0 aromatic heterocycles. The highest BCUT2D eigenvalue weighted by Crippen LogP contribution is 2.30. The van der Waals surface area contributed by atoms with Crippen molar-refractivity contribution in [1.82, 2.24) is 9.62 Å². The minimum Gasteiger partial charge on any atom is -0.478 e. The molecule has 0 unspecified atom stereocenters. The van der Waals surface area contributed by atoms with E-state index in [2.05, 4.69) is 9.88 Å². The van der Waals surface area contributed by atoms with Crippen molar-refractivity contribution in [3.8, 4) is 0 Å². The predicted octanol–water partition coefficient (Wildman–Crippen LogP) is 1.68. The number of benzene rings is 1. The Hall–Kier alpha value is -2.13. The maximum Gasteiger partial charge on any atom is 0.345 e. The van der Waals surface area contributed by atoms with Crippen LogP contribution < -0.4 is 4.72 Å². The number of carbonyl (C=O) groups is 1. The van der Waals surface area contributed by atoms with Gasteiger partial charge in [-0.2, -0.15) is 4.72 Å². The molecule has 1 heterocycles. The fourth-order valence-electron chi connectivity index (χ4n) is 3.10. The van der Waals surface area contributed by atoms with Crippen LogP contribution in [0.3, 0.4) is 0 Å². The largest absolute Gasteiger partial charge is 0.478 e. The van der Waals surface area contributed by atoms with Crippen LogP contribution in [0.15, 0.2) is 40.4 Å². The average Bonchev–Trinajstić information content (AvgIpc) is 3.03. The number of aliphatic carboxylic acids is 1. The molecular formula is C16H23N3O5S. The molecule has 1 fully saturated rings. The molecule has 1 aromatic carbocycles. The summed E-state index contributed by atoms with van der Waals surface area (Å²) in [6.45, 7) is 3.90. The van der Waals surface area contributed by atoms with Crippen LogP contribution >= 0.6 is 0 Å². The second-order valence-electron chi connectivity index (χ2n) is 6.45. The van der Waals surface area contributed by atoms with Crippen LogP contribution in [-0.4, -0.2) is 47.6 Å². The molecule has 2 rings (SSSR count). The highest BCUT2D eigenvalue weighted by atomic mass is 32.2. The third kappa shape index (κ3) is 3.93. The zero-order valence-electron chi connectivity index (χ0n) is 14.2. The first kappa shape index (κ1) is 19.2. The molecule has 25 heavy (non-hydrogen) atoms. The molecule has 0 amide bonds. The number of sulfonamides is 1. The molecule has 0 bridgehead atoms. The van der Waals surface area contributed by atoms with E-state index in [1.54, 1.807) is 32.0 Å². The Morgan fingerprint density at radius 3 is 2.52 bits per heavy atom. The standard InChI is InChI=1S/C16H23N3O5S/c1-12(2)11-16(15(20)21,19-10-6-9-14(19)17-22)18-25(23,24)13-7-4-3-5-8-13/h3-5,7-8,12,18,22H,6,9-11H2,1-2H3,(H,20,21)/t16-/m1/s1. The Morgan fingerprint density at radius 1 is 1.36 bits per heavy atom. The fraction of sp³-hybridized carbons (Fsp3) is 0.500. The minimum atomic E-state index is -4.09. The first-order valence-corrected chi connectivity index (χ1v) is 9.52. The average molecular weight is 369 g/mol. The molecule has 1 aliphatic rings. The van der Waals surface area contributed by atoms with Crippen molar-refractivity contribution in [2.75, 3.05) is 6.54 Å². The molecule has 1 aromatic rings. The van der Waals surface area contributed by atoms with Gasteiger partial charge in [-0.25, -0.2) is 13.2 Å². The number of amidine groups is 1. The summed E-state index contributed by atoms with van der Waals surface area (Å²) >= 11 is 0. The third-order valence-corrected chi connectivity index (χ3v) is 5.58. The molecule has 1 aliphatic heterocycles. The van der Waals surface area contributed by atoms with E-state index in [0.717, 1.165) is 0 Å². The zero-order chi connectivity index (χ0) is 18.7. The minimum absolute atomic E-state index is 0.0212. The van der Waals surface area contributed by atoms with Gasteiger partial charge in [-0.05, 0) is 30.9 Å². The highest BCUT2D eigenvalue weighted by Gasteiger charge is 2.50. The lowest BCUT2D eigenvalue weighted by molar-refractivity contribution is -0.150. The summed E-state index contributed by atoms with van der Waals surface area (Å²) in [5.41, 5.74) is -1.92. The van der Waals surface area contributed by atoms with Crippen LogP contribution in [0, 0.1) is 5.92 Å². The number of nitrogens with one attached hydrogen (secondary N) is 1. The van der Waals surface area contributed by atoms with Crippen LogP contribution in [0.1, 0.15) is 33.1 Å². The van der Waals surface area contributed by atoms with Crippen molar-refractivity contribution in [1.29, 1.82) is 0 Å². The Bertz CT molecular complexity index is 748. The van der Waals surface area contributed by atoms with E-state index < -0.39 is 21.7 Å². The molecule has 1 atom stereocenters. The lowest BCUT2D eigenvalue weighted by Crippen LogP contribution is -2.66. The maximum absolute atomic E-state index is 12.8. The summed E-state index contributed by atoms with van der Waals surface area (Å²) in [6, 6.07) is 7.60. The third-order valence-electron chi connectivity index (χ3n) is 4.08. The van der Waals surface area contributed by atoms with Gasteiger partial charge in [0.2, 0.25) is 15.7 Å². The van der Waals surface area contributed by atoms with E-state index in [-0.39, 0.29) is 29.6 Å². The van der Waals surface area contributed by atoms with E-state index in [1.807, 2.05) is 0 Å². The molecule has 9 heteroatoms. The van der Waals surface area contributed by atoms with E-state index in [4.69, 9.17) is 0 Å². The van der Waals surface area contributed by atoms with Gasteiger partial charge < -0.3 is 15.2 Å². The molecule has 3 N–H and O–H groups in total. The van der Waals surface area contributed by atoms with Crippen molar-refractivity contribution in [3.63, 3.8) is 0 Å². The lowest BCUT2D eigenvalue weighted by atomic mass is 9.96. The smallest absolute Gasteiger partial charge is 0.345 e. The Balaban J connectivity index is 2.53. The SMILES string of the molecule is CC(C)C[C@](NS(=O)(=O)c1ccccc1)(C(=O)O)N1CCCC1=NO. The van der Waals surface area contributed by atoms with Crippen LogP contribution in [0.4, 0.5) is 0 Å². The van der Waals surface area contributed by atoms with Crippen molar-refractivity contribution in [2.24, 2.45) is 11.1 Å². The van der Waals surface area contributed by atoms with E-state index in [0.29, 0.717) is 12.8 Å². The van der Waals surface area contributed by atoms with Crippen LogP contribution in [0.25, 0.3) is 0 Å². The maximum atomic E-state index is 12.8.